The van der Waals surface area contributed by atoms with Gasteiger partial charge >= 0.3 is 5.97 Å². The Bertz CT molecular complexity index is 1090. The van der Waals surface area contributed by atoms with E-state index in [1.54, 1.807) is 12.1 Å². The molecule has 31 heavy (non-hydrogen) atoms. The number of carbonyl (C=O) groups excluding carboxylic acids is 2. The molecule has 2 aromatic carbocycles. The molecule has 0 radical (unpaired) electrons. The second-order valence-corrected chi connectivity index (χ2v) is 8.81. The molecule has 0 aromatic heterocycles. The number of esters is 1. The molecule has 8 nitrogen and oxygen atoms in total. The number of amides is 1. The zero-order chi connectivity index (χ0) is 22.6. The predicted octanol–water partition coefficient (Wildman–Crippen LogP) is 2.09. The molecule has 2 aromatic rings. The number of carbonyl (C=O) groups is 2. The first kappa shape index (κ1) is 22.7. The van der Waals surface area contributed by atoms with Crippen LogP contribution in [0.25, 0.3) is 0 Å². The van der Waals surface area contributed by atoms with Crippen molar-refractivity contribution in [3.05, 3.63) is 59.4 Å². The smallest absolute Gasteiger partial charge is 0.341 e. The molecule has 166 valence electrons. The standard InChI is InChI=1S/C21H23FN2O6S/c1-29-18-10-9-14(12-15(18)21(26)30-2)13-23-20(25)17-7-5-11-24(17)31(27,28)19-8-4-3-6-16(19)22/h3-4,6,8-10,12,17H,5,7,11,13H2,1-2H3,(H,23,25)/t17-/m0/s1. The van der Waals surface area contributed by atoms with Crippen LogP contribution < -0.4 is 10.1 Å². The molecule has 1 saturated heterocycles. The molecule has 3 rings (SSSR count). The highest BCUT2D eigenvalue weighted by atomic mass is 32.2. The zero-order valence-electron chi connectivity index (χ0n) is 17.1. The number of hydrogen-bond acceptors (Lipinski definition) is 6. The van der Waals surface area contributed by atoms with Crippen LogP contribution in [0.15, 0.2) is 47.4 Å². The molecule has 10 heteroatoms. The first-order chi connectivity index (χ1) is 14.8. The van der Waals surface area contributed by atoms with Crippen molar-refractivity contribution in [2.24, 2.45) is 0 Å². The molecule has 1 aliphatic rings. The minimum absolute atomic E-state index is 0.0664. The van der Waals surface area contributed by atoms with E-state index in [1.165, 1.54) is 38.5 Å². The van der Waals surface area contributed by atoms with Crippen molar-refractivity contribution in [3.8, 4) is 5.75 Å². The number of nitrogens with zero attached hydrogens (tertiary/aromatic N) is 1. The van der Waals surface area contributed by atoms with Crippen LogP contribution >= 0.6 is 0 Å². The maximum absolute atomic E-state index is 14.1. The first-order valence-corrected chi connectivity index (χ1v) is 11.0. The number of hydrogen-bond donors (Lipinski definition) is 1. The van der Waals surface area contributed by atoms with Gasteiger partial charge in [-0.1, -0.05) is 18.2 Å². The van der Waals surface area contributed by atoms with Crippen molar-refractivity contribution in [2.75, 3.05) is 20.8 Å². The molecule has 1 amide bonds. The van der Waals surface area contributed by atoms with Crippen LogP contribution in [-0.2, 0) is 26.1 Å². The van der Waals surface area contributed by atoms with E-state index in [-0.39, 0.29) is 18.7 Å². The summed E-state index contributed by atoms with van der Waals surface area (Å²) in [4.78, 5) is 24.2. The Morgan fingerprint density at radius 1 is 1.19 bits per heavy atom. The SMILES string of the molecule is COC(=O)c1cc(CNC(=O)[C@@H]2CCCN2S(=O)(=O)c2ccccc2F)ccc1OC. The summed E-state index contributed by atoms with van der Waals surface area (Å²) in [6.07, 6.45) is 0.816. The van der Waals surface area contributed by atoms with Crippen molar-refractivity contribution in [2.45, 2.75) is 30.3 Å². The van der Waals surface area contributed by atoms with Gasteiger partial charge in [-0.3, -0.25) is 4.79 Å². The molecule has 1 heterocycles. The molecule has 0 aliphatic carbocycles. The highest BCUT2D eigenvalue weighted by molar-refractivity contribution is 7.89. The number of rotatable bonds is 7. The average Bonchev–Trinajstić information content (AvgIpc) is 3.28. The molecule has 1 atom stereocenters. The second-order valence-electron chi connectivity index (χ2n) is 6.95. The fourth-order valence-corrected chi connectivity index (χ4v) is 5.23. The van der Waals surface area contributed by atoms with Crippen LogP contribution in [0.4, 0.5) is 4.39 Å². The summed E-state index contributed by atoms with van der Waals surface area (Å²) < 4.78 is 50.8. The minimum Gasteiger partial charge on any atom is -0.496 e. The van der Waals surface area contributed by atoms with E-state index in [1.807, 2.05) is 0 Å². The molecule has 1 N–H and O–H groups in total. The maximum Gasteiger partial charge on any atom is 0.341 e. The van der Waals surface area contributed by atoms with Gasteiger partial charge in [-0.2, -0.15) is 4.31 Å². The third kappa shape index (κ3) is 4.70. The number of methoxy groups -OCH3 is 2. The third-order valence-electron chi connectivity index (χ3n) is 5.07. The van der Waals surface area contributed by atoms with E-state index in [0.717, 1.165) is 10.4 Å². The van der Waals surface area contributed by atoms with E-state index in [9.17, 15) is 22.4 Å². The van der Waals surface area contributed by atoms with E-state index in [2.05, 4.69) is 5.32 Å². The van der Waals surface area contributed by atoms with Crippen molar-refractivity contribution in [1.29, 1.82) is 0 Å². The third-order valence-corrected chi connectivity index (χ3v) is 7.01. The van der Waals surface area contributed by atoms with Crippen LogP contribution in [0.5, 0.6) is 5.75 Å². The van der Waals surface area contributed by atoms with E-state index >= 15 is 0 Å². The van der Waals surface area contributed by atoms with Gasteiger partial charge in [0.2, 0.25) is 15.9 Å². The van der Waals surface area contributed by atoms with Crippen LogP contribution in [0, 0.1) is 5.82 Å². The van der Waals surface area contributed by atoms with Crippen molar-refractivity contribution >= 4 is 21.9 Å². The Kier molecular flexibility index (Phi) is 6.91. The van der Waals surface area contributed by atoms with Gasteiger partial charge in [-0.25, -0.2) is 17.6 Å². The average molecular weight is 450 g/mol. The maximum atomic E-state index is 14.1. The summed E-state index contributed by atoms with van der Waals surface area (Å²) in [6, 6.07) is 8.94. The summed E-state index contributed by atoms with van der Waals surface area (Å²) >= 11 is 0. The lowest BCUT2D eigenvalue weighted by Gasteiger charge is -2.23. The van der Waals surface area contributed by atoms with Gasteiger partial charge < -0.3 is 14.8 Å². The zero-order valence-corrected chi connectivity index (χ0v) is 17.9. The second kappa shape index (κ2) is 9.44. The Morgan fingerprint density at radius 2 is 1.94 bits per heavy atom. The van der Waals surface area contributed by atoms with Gasteiger partial charge in [0, 0.05) is 13.1 Å². The van der Waals surface area contributed by atoms with Gasteiger partial charge in [0.05, 0.1) is 14.2 Å². The Balaban J connectivity index is 1.75. The quantitative estimate of drug-likeness (QED) is 0.648. The first-order valence-electron chi connectivity index (χ1n) is 9.59. The van der Waals surface area contributed by atoms with Gasteiger partial charge in [-0.05, 0) is 42.7 Å². The molecule has 0 bridgehead atoms. The van der Waals surface area contributed by atoms with E-state index in [0.29, 0.717) is 24.2 Å². The molecule has 0 spiro atoms. The molecule has 0 saturated carbocycles. The normalized spacial score (nSPS) is 16.7. The lowest BCUT2D eigenvalue weighted by Crippen LogP contribution is -2.45. The monoisotopic (exact) mass is 450 g/mol. The van der Waals surface area contributed by atoms with Gasteiger partial charge in [0.15, 0.2) is 0 Å². The topological polar surface area (TPSA) is 102 Å². The Hall–Kier alpha value is -2.98. The van der Waals surface area contributed by atoms with Crippen LogP contribution in [0.2, 0.25) is 0 Å². The number of nitrogens with one attached hydrogen (secondary N) is 1. The number of halogens is 1. The largest absolute Gasteiger partial charge is 0.496 e. The van der Waals surface area contributed by atoms with Crippen molar-refractivity contribution in [3.63, 3.8) is 0 Å². The van der Waals surface area contributed by atoms with Crippen LogP contribution in [-0.4, -0.2) is 51.4 Å². The molecular formula is C21H23FN2O6S. The Morgan fingerprint density at radius 3 is 2.61 bits per heavy atom. The highest BCUT2D eigenvalue weighted by Crippen LogP contribution is 2.28. The van der Waals surface area contributed by atoms with Gasteiger partial charge in [-0.15, -0.1) is 0 Å². The number of ether oxygens (including phenoxy) is 2. The lowest BCUT2D eigenvalue weighted by atomic mass is 10.1. The molecule has 0 unspecified atom stereocenters. The summed E-state index contributed by atoms with van der Waals surface area (Å²) in [5.74, 6) is -1.60. The molecular weight excluding hydrogens is 427 g/mol. The highest BCUT2D eigenvalue weighted by Gasteiger charge is 2.40. The minimum atomic E-state index is -4.16. The summed E-state index contributed by atoms with van der Waals surface area (Å²) in [6.45, 7) is 0.195. The fourth-order valence-electron chi connectivity index (χ4n) is 3.51. The fraction of sp³-hybridized carbons (Fsp3) is 0.333. The predicted molar refractivity (Wildman–Crippen MR) is 109 cm³/mol. The number of benzene rings is 2. The van der Waals surface area contributed by atoms with Gasteiger partial charge in [0.25, 0.3) is 0 Å². The summed E-state index contributed by atoms with van der Waals surface area (Å²) in [5.41, 5.74) is 0.817. The van der Waals surface area contributed by atoms with E-state index in [4.69, 9.17) is 9.47 Å². The van der Waals surface area contributed by atoms with Crippen molar-refractivity contribution < 1.29 is 31.9 Å². The summed E-state index contributed by atoms with van der Waals surface area (Å²) in [7, 11) is -1.48. The Labute approximate surface area is 180 Å². The van der Waals surface area contributed by atoms with Crippen LogP contribution in [0.1, 0.15) is 28.8 Å². The van der Waals surface area contributed by atoms with E-state index < -0.39 is 38.7 Å². The lowest BCUT2D eigenvalue weighted by molar-refractivity contribution is -0.124. The molecule has 1 aliphatic heterocycles. The number of sulfonamides is 1. The molecule has 1 fully saturated rings. The van der Waals surface area contributed by atoms with Crippen LogP contribution in [0.3, 0.4) is 0 Å². The van der Waals surface area contributed by atoms with Gasteiger partial charge in [0.1, 0.15) is 28.1 Å². The summed E-state index contributed by atoms with van der Waals surface area (Å²) in [5, 5.41) is 2.70. The van der Waals surface area contributed by atoms with Crippen molar-refractivity contribution in [1.82, 2.24) is 9.62 Å².